The zero-order chi connectivity index (χ0) is 15.0. The van der Waals surface area contributed by atoms with Gasteiger partial charge in [-0.1, -0.05) is 24.3 Å². The van der Waals surface area contributed by atoms with Gasteiger partial charge in [0.15, 0.2) is 0 Å². The minimum Gasteiger partial charge on any atom is -0.326 e. The van der Waals surface area contributed by atoms with E-state index in [4.69, 9.17) is 5.73 Å². The Balaban J connectivity index is 1.78. The van der Waals surface area contributed by atoms with E-state index in [1.165, 1.54) is 22.5 Å². The lowest BCUT2D eigenvalue weighted by molar-refractivity contribution is 0.557. The third-order valence-electron chi connectivity index (χ3n) is 3.82. The van der Waals surface area contributed by atoms with E-state index >= 15 is 0 Å². The highest BCUT2D eigenvalue weighted by Gasteiger charge is 2.27. The van der Waals surface area contributed by atoms with Crippen LogP contribution in [0.5, 0.6) is 0 Å². The van der Waals surface area contributed by atoms with Gasteiger partial charge in [-0.25, -0.2) is 13.1 Å². The van der Waals surface area contributed by atoms with Crippen molar-refractivity contribution in [3.63, 3.8) is 0 Å². The first-order chi connectivity index (χ1) is 9.99. The molecule has 1 aromatic heterocycles. The molecule has 4 nitrogen and oxygen atoms in total. The van der Waals surface area contributed by atoms with E-state index in [1.54, 1.807) is 6.07 Å². The van der Waals surface area contributed by atoms with Crippen LogP contribution in [0.3, 0.4) is 0 Å². The van der Waals surface area contributed by atoms with E-state index in [1.807, 2.05) is 19.1 Å². The van der Waals surface area contributed by atoms with E-state index in [2.05, 4.69) is 16.9 Å². The Bertz CT molecular complexity index is 741. The highest BCUT2D eigenvalue weighted by Crippen LogP contribution is 2.27. The van der Waals surface area contributed by atoms with Gasteiger partial charge < -0.3 is 5.73 Å². The topological polar surface area (TPSA) is 72.2 Å². The van der Waals surface area contributed by atoms with Gasteiger partial charge in [0.05, 0.1) is 0 Å². The third-order valence-corrected chi connectivity index (χ3v) is 7.07. The Hall–Kier alpha value is -1.21. The molecule has 0 fully saturated rings. The molecule has 0 saturated carbocycles. The predicted octanol–water partition coefficient (Wildman–Crippen LogP) is 1.96. The Morgan fingerprint density at radius 1 is 1.29 bits per heavy atom. The van der Waals surface area contributed by atoms with Crippen LogP contribution in [-0.2, 0) is 29.4 Å². The molecule has 1 aliphatic carbocycles. The molecule has 3 N–H and O–H groups in total. The Labute approximate surface area is 129 Å². The molecule has 0 saturated heterocycles. The van der Waals surface area contributed by atoms with Crippen LogP contribution in [0.25, 0.3) is 0 Å². The van der Waals surface area contributed by atoms with Gasteiger partial charge in [-0.3, -0.25) is 0 Å². The molecule has 6 heteroatoms. The normalized spacial score (nSPS) is 15.3. The van der Waals surface area contributed by atoms with Crippen LogP contribution in [0.2, 0.25) is 0 Å². The summed E-state index contributed by atoms with van der Waals surface area (Å²) in [5, 5.41) is 0. The quantitative estimate of drug-likeness (QED) is 0.904. The number of hydrogen-bond donors (Lipinski definition) is 2. The van der Waals surface area contributed by atoms with Crippen molar-refractivity contribution in [1.82, 2.24) is 4.72 Å². The van der Waals surface area contributed by atoms with Crippen molar-refractivity contribution in [1.29, 1.82) is 0 Å². The monoisotopic (exact) mass is 322 g/mol. The average molecular weight is 322 g/mol. The SMILES string of the molecule is Cc1cc(S(=O)(=O)NC2Cc3ccccc3C2)sc1CN. The summed E-state index contributed by atoms with van der Waals surface area (Å²) >= 11 is 1.26. The molecule has 2 aromatic rings. The minimum atomic E-state index is -3.46. The summed E-state index contributed by atoms with van der Waals surface area (Å²) in [6.07, 6.45) is 1.51. The minimum absolute atomic E-state index is 0.0591. The van der Waals surface area contributed by atoms with Gasteiger partial charge in [-0.05, 0) is 42.5 Å². The van der Waals surface area contributed by atoms with Gasteiger partial charge in [0, 0.05) is 17.5 Å². The predicted molar refractivity (Wildman–Crippen MR) is 84.9 cm³/mol. The van der Waals surface area contributed by atoms with Crippen LogP contribution in [0.4, 0.5) is 0 Å². The summed E-state index contributed by atoms with van der Waals surface area (Å²) in [6, 6.07) is 9.75. The number of nitrogens with one attached hydrogen (secondary N) is 1. The first kappa shape index (κ1) is 14.7. The number of sulfonamides is 1. The largest absolute Gasteiger partial charge is 0.326 e. The number of aryl methyl sites for hydroxylation is 1. The van der Waals surface area contributed by atoms with Crippen LogP contribution in [-0.4, -0.2) is 14.5 Å². The van der Waals surface area contributed by atoms with Crippen molar-refractivity contribution in [2.24, 2.45) is 5.73 Å². The number of nitrogens with two attached hydrogens (primary N) is 1. The third kappa shape index (κ3) is 2.89. The Morgan fingerprint density at radius 2 is 1.90 bits per heavy atom. The molecule has 3 rings (SSSR count). The van der Waals surface area contributed by atoms with E-state index < -0.39 is 10.0 Å². The second-order valence-corrected chi connectivity index (χ2v) is 8.45. The van der Waals surface area contributed by atoms with E-state index in [0.29, 0.717) is 10.8 Å². The van der Waals surface area contributed by atoms with Crippen LogP contribution in [0, 0.1) is 6.92 Å². The van der Waals surface area contributed by atoms with Crippen LogP contribution in [0.15, 0.2) is 34.5 Å². The summed E-state index contributed by atoms with van der Waals surface area (Å²) in [4.78, 5) is 0.921. The molecule has 112 valence electrons. The van der Waals surface area contributed by atoms with Gasteiger partial charge in [0.2, 0.25) is 10.0 Å². The van der Waals surface area contributed by atoms with Crippen LogP contribution in [0.1, 0.15) is 21.6 Å². The van der Waals surface area contributed by atoms with E-state index in [9.17, 15) is 8.42 Å². The number of benzene rings is 1. The maximum Gasteiger partial charge on any atom is 0.250 e. The molecule has 1 aromatic carbocycles. The molecule has 0 aliphatic heterocycles. The molecule has 21 heavy (non-hydrogen) atoms. The number of fused-ring (bicyclic) bond motifs is 1. The fourth-order valence-electron chi connectivity index (χ4n) is 2.74. The zero-order valence-corrected chi connectivity index (χ0v) is 13.4. The number of thiophene rings is 1. The molecule has 0 amide bonds. The van der Waals surface area contributed by atoms with Gasteiger partial charge in [0.25, 0.3) is 0 Å². The number of rotatable bonds is 4. The van der Waals surface area contributed by atoms with Crippen molar-refractivity contribution < 1.29 is 8.42 Å². The van der Waals surface area contributed by atoms with Crippen LogP contribution >= 0.6 is 11.3 Å². The van der Waals surface area contributed by atoms with Crippen molar-refractivity contribution >= 4 is 21.4 Å². The first-order valence-corrected chi connectivity index (χ1v) is 9.18. The summed E-state index contributed by atoms with van der Waals surface area (Å²) in [6.45, 7) is 2.27. The number of hydrogen-bond acceptors (Lipinski definition) is 4. The van der Waals surface area contributed by atoms with Crippen LogP contribution < -0.4 is 10.5 Å². The summed E-state index contributed by atoms with van der Waals surface area (Å²) in [7, 11) is -3.46. The molecular weight excluding hydrogens is 304 g/mol. The van der Waals surface area contributed by atoms with Gasteiger partial charge in [0.1, 0.15) is 4.21 Å². The fourth-order valence-corrected chi connectivity index (χ4v) is 5.46. The lowest BCUT2D eigenvalue weighted by atomic mass is 10.1. The highest BCUT2D eigenvalue weighted by atomic mass is 32.2. The zero-order valence-electron chi connectivity index (χ0n) is 11.8. The Kier molecular flexibility index (Phi) is 3.88. The maximum absolute atomic E-state index is 12.5. The Morgan fingerprint density at radius 3 is 2.43 bits per heavy atom. The van der Waals surface area contributed by atoms with Crippen molar-refractivity contribution in [3.05, 3.63) is 51.9 Å². The summed E-state index contributed by atoms with van der Waals surface area (Å²) in [5.74, 6) is 0. The summed E-state index contributed by atoms with van der Waals surface area (Å²) in [5.41, 5.74) is 9.03. The average Bonchev–Trinajstić information content (AvgIpc) is 3.00. The van der Waals surface area contributed by atoms with Gasteiger partial charge >= 0.3 is 0 Å². The maximum atomic E-state index is 12.5. The standard InChI is InChI=1S/C15H18N2O2S2/c1-10-6-15(20-14(10)9-16)21(18,19)17-13-7-11-4-2-3-5-12(11)8-13/h2-6,13,17H,7-9,16H2,1H3. The second kappa shape index (κ2) is 5.53. The first-order valence-electron chi connectivity index (χ1n) is 6.88. The second-order valence-electron chi connectivity index (χ2n) is 5.37. The molecule has 0 spiro atoms. The van der Waals surface area contributed by atoms with Crippen molar-refractivity contribution in [2.75, 3.05) is 0 Å². The molecular formula is C15H18N2O2S2. The molecule has 0 unspecified atom stereocenters. The molecule has 0 atom stereocenters. The van der Waals surface area contributed by atoms with E-state index in [0.717, 1.165) is 23.3 Å². The lowest BCUT2D eigenvalue weighted by Crippen LogP contribution is -2.34. The highest BCUT2D eigenvalue weighted by molar-refractivity contribution is 7.91. The molecule has 0 radical (unpaired) electrons. The smallest absolute Gasteiger partial charge is 0.250 e. The van der Waals surface area contributed by atoms with Gasteiger partial charge in [-0.15, -0.1) is 11.3 Å². The van der Waals surface area contributed by atoms with Gasteiger partial charge in [-0.2, -0.15) is 0 Å². The fraction of sp³-hybridized carbons (Fsp3) is 0.333. The molecule has 1 heterocycles. The molecule has 0 bridgehead atoms. The van der Waals surface area contributed by atoms with E-state index in [-0.39, 0.29) is 6.04 Å². The lowest BCUT2D eigenvalue weighted by Gasteiger charge is -2.11. The van der Waals surface area contributed by atoms with Crippen molar-refractivity contribution in [3.8, 4) is 0 Å². The summed E-state index contributed by atoms with van der Waals surface area (Å²) < 4.78 is 28.1. The van der Waals surface area contributed by atoms with Crippen molar-refractivity contribution in [2.45, 2.75) is 36.6 Å². The molecule has 1 aliphatic rings.